The van der Waals surface area contributed by atoms with Crippen LogP contribution in [0.25, 0.3) is 0 Å². The summed E-state index contributed by atoms with van der Waals surface area (Å²) in [6.07, 6.45) is 0.420. The summed E-state index contributed by atoms with van der Waals surface area (Å²) < 4.78 is 42.4. The molecule has 0 aromatic heterocycles. The van der Waals surface area contributed by atoms with Gasteiger partial charge in [0.1, 0.15) is 23.4 Å². The number of rotatable bonds is 13. The van der Waals surface area contributed by atoms with Gasteiger partial charge < -0.3 is 40.4 Å². The van der Waals surface area contributed by atoms with Crippen molar-refractivity contribution in [1.29, 1.82) is 0 Å². The molecule has 0 aliphatic carbocycles. The zero-order chi connectivity index (χ0) is 46.0. The minimum atomic E-state index is -4.08. The van der Waals surface area contributed by atoms with Gasteiger partial charge in [-0.3, -0.25) is 33.5 Å². The molecule has 2 aromatic rings. The monoisotopic (exact) mass is 885 g/mol. The lowest BCUT2D eigenvalue weighted by Crippen LogP contribution is -2.59. The highest BCUT2D eigenvalue weighted by atomic mass is 32.2. The maximum atomic E-state index is 14.4. The first kappa shape index (κ1) is 49.1. The fourth-order valence-corrected chi connectivity index (χ4v) is 7.32. The van der Waals surface area contributed by atoms with E-state index in [1.165, 1.54) is 29.2 Å². The summed E-state index contributed by atoms with van der Waals surface area (Å²) >= 11 is 0. The highest BCUT2D eigenvalue weighted by Crippen LogP contribution is 2.28. The van der Waals surface area contributed by atoms with E-state index < -0.39 is 99.3 Å². The number of hydrogen-bond donors (Lipinski definition) is 6. The molecular formula is C42H59N7O12S. The van der Waals surface area contributed by atoms with Crippen LogP contribution < -0.4 is 35.9 Å². The zero-order valence-electron chi connectivity index (χ0n) is 36.2. The average Bonchev–Trinajstić information content (AvgIpc) is 3.60. The number of carbonyl (C=O) groups excluding carboxylic acids is 7. The summed E-state index contributed by atoms with van der Waals surface area (Å²) in [6, 6.07) is 7.59. The van der Waals surface area contributed by atoms with Crippen molar-refractivity contribution in [2.45, 2.75) is 116 Å². The standard InChI is InChI=1S/C42H59N7O12S/c1-8-11-30(35(52)38(54)44-23-33(51)46-34(40(56)61-42(5,6)7)26-14-16-27(17-15-26)48-62(43,57)58)45-37(53)31-22-29-24-49(31)39(55)36(41(2,3)4)47-32(50)21-25-12-9-13-28(20-25)59-18-10-19-60-29/h9,12-17,20,29-31,34,36,48H,8,10-11,18-19,21-24H2,1-7H3,(H,44,54)(H,45,53)(H,46,51)(H,47,50)(H2,43,57,58)/t29-,30?,31+,34+,36-/m1/s1. The van der Waals surface area contributed by atoms with Crippen LogP contribution in [0.15, 0.2) is 48.5 Å². The van der Waals surface area contributed by atoms with Gasteiger partial charge in [-0.05, 0) is 68.0 Å². The molecule has 0 radical (unpaired) electrons. The number of fused-ring (bicyclic) bond motifs is 4. The second-order valence-corrected chi connectivity index (χ2v) is 18.6. The van der Waals surface area contributed by atoms with Crippen LogP contribution >= 0.6 is 0 Å². The smallest absolute Gasteiger partial charge is 0.333 e. The van der Waals surface area contributed by atoms with Gasteiger partial charge in [0.15, 0.2) is 6.04 Å². The molecule has 7 N–H and O–H groups in total. The van der Waals surface area contributed by atoms with Crippen molar-refractivity contribution in [1.82, 2.24) is 26.2 Å². The first-order valence-corrected chi connectivity index (χ1v) is 22.0. The van der Waals surface area contributed by atoms with Crippen LogP contribution in [0.2, 0.25) is 0 Å². The lowest BCUT2D eigenvalue weighted by Gasteiger charge is -2.35. The van der Waals surface area contributed by atoms with Crippen molar-refractivity contribution >= 4 is 57.2 Å². The number of Topliss-reactive ketones (excluding diaryl/α,β-unsaturated/α-hetero) is 1. The van der Waals surface area contributed by atoms with Gasteiger partial charge in [0.2, 0.25) is 29.4 Å². The largest absolute Gasteiger partial charge is 0.493 e. The Labute approximate surface area is 362 Å². The molecule has 5 amide bonds. The molecule has 20 heteroatoms. The van der Waals surface area contributed by atoms with Crippen molar-refractivity contribution in [3.8, 4) is 5.75 Å². The third-order valence-corrected chi connectivity index (χ3v) is 10.3. The van der Waals surface area contributed by atoms with Gasteiger partial charge in [-0.15, -0.1) is 0 Å². The molecule has 340 valence electrons. The van der Waals surface area contributed by atoms with E-state index in [-0.39, 0.29) is 43.7 Å². The molecule has 4 bridgehead atoms. The summed E-state index contributed by atoms with van der Waals surface area (Å²) in [6.45, 7) is 11.9. The number of nitrogens with zero attached hydrogens (tertiary/aromatic N) is 1. The zero-order valence-corrected chi connectivity index (χ0v) is 37.0. The van der Waals surface area contributed by atoms with Gasteiger partial charge in [0.25, 0.3) is 16.1 Å². The Bertz CT molecular complexity index is 2080. The van der Waals surface area contributed by atoms with Crippen LogP contribution in [-0.4, -0.2) is 111 Å². The highest BCUT2D eigenvalue weighted by molar-refractivity contribution is 7.90. The second-order valence-electron chi connectivity index (χ2n) is 17.3. The Morgan fingerprint density at radius 1 is 0.984 bits per heavy atom. The lowest BCUT2D eigenvalue weighted by atomic mass is 9.85. The van der Waals surface area contributed by atoms with Gasteiger partial charge in [-0.25, -0.2) is 9.93 Å². The Morgan fingerprint density at radius 2 is 1.68 bits per heavy atom. The predicted molar refractivity (Wildman–Crippen MR) is 226 cm³/mol. The summed E-state index contributed by atoms with van der Waals surface area (Å²) in [5.74, 6) is -5.00. The fourth-order valence-electron chi connectivity index (χ4n) is 6.86. The topological polar surface area (TPSA) is 271 Å². The molecule has 0 spiro atoms. The maximum Gasteiger partial charge on any atom is 0.333 e. The number of nitrogens with one attached hydrogen (secondary N) is 5. The van der Waals surface area contributed by atoms with Crippen molar-refractivity contribution in [2.24, 2.45) is 10.6 Å². The summed E-state index contributed by atoms with van der Waals surface area (Å²) in [4.78, 5) is 96.2. The number of hydrogen-bond acceptors (Lipinski definition) is 12. The van der Waals surface area contributed by atoms with Gasteiger partial charge >= 0.3 is 5.97 Å². The number of esters is 1. The Balaban J connectivity index is 1.47. The van der Waals surface area contributed by atoms with Gasteiger partial charge in [-0.2, -0.15) is 8.42 Å². The van der Waals surface area contributed by atoms with Crippen LogP contribution in [0, 0.1) is 5.41 Å². The normalized spacial score (nSPS) is 19.8. The number of ether oxygens (including phenoxy) is 3. The minimum absolute atomic E-state index is 0.0151. The van der Waals surface area contributed by atoms with E-state index in [0.29, 0.717) is 30.8 Å². The van der Waals surface area contributed by atoms with Gasteiger partial charge in [0.05, 0.1) is 38.3 Å². The van der Waals surface area contributed by atoms with E-state index in [2.05, 4.69) is 26.0 Å². The van der Waals surface area contributed by atoms with E-state index in [1.807, 2.05) is 0 Å². The number of amides is 5. The van der Waals surface area contributed by atoms with E-state index in [4.69, 9.17) is 19.3 Å². The lowest BCUT2D eigenvalue weighted by molar-refractivity contribution is -0.158. The van der Waals surface area contributed by atoms with E-state index in [9.17, 15) is 42.0 Å². The molecule has 1 fully saturated rings. The maximum absolute atomic E-state index is 14.4. The molecule has 2 aliphatic rings. The minimum Gasteiger partial charge on any atom is -0.493 e. The molecule has 1 saturated heterocycles. The first-order chi connectivity index (χ1) is 28.9. The van der Waals surface area contributed by atoms with Crippen molar-refractivity contribution < 1.29 is 56.2 Å². The molecule has 19 nitrogen and oxygen atoms in total. The summed E-state index contributed by atoms with van der Waals surface area (Å²) in [5, 5.41) is 15.3. The van der Waals surface area contributed by atoms with Crippen LogP contribution in [0.1, 0.15) is 91.3 Å². The molecule has 62 heavy (non-hydrogen) atoms. The van der Waals surface area contributed by atoms with Gasteiger partial charge in [0, 0.05) is 25.1 Å². The van der Waals surface area contributed by atoms with Crippen LogP contribution in [0.5, 0.6) is 5.75 Å². The summed E-state index contributed by atoms with van der Waals surface area (Å²) in [5.41, 5.74) is -0.749. The third kappa shape index (κ3) is 14.8. The quantitative estimate of drug-likeness (QED) is 0.123. The molecule has 0 saturated carbocycles. The number of anilines is 1. The predicted octanol–water partition coefficient (Wildman–Crippen LogP) is 1.31. The Kier molecular flexibility index (Phi) is 16.6. The van der Waals surface area contributed by atoms with E-state index in [0.717, 1.165) is 0 Å². The highest BCUT2D eigenvalue weighted by Gasteiger charge is 2.46. The number of benzene rings is 2. The molecule has 2 aliphatic heterocycles. The molecule has 2 heterocycles. The molecule has 4 rings (SSSR count). The molecule has 1 unspecified atom stereocenters. The fraction of sp³-hybridized carbons (Fsp3) is 0.548. The van der Waals surface area contributed by atoms with Gasteiger partial charge in [-0.1, -0.05) is 58.4 Å². The van der Waals surface area contributed by atoms with Crippen LogP contribution in [0.3, 0.4) is 0 Å². The molecule has 5 atom stereocenters. The van der Waals surface area contributed by atoms with E-state index >= 15 is 0 Å². The first-order valence-electron chi connectivity index (χ1n) is 20.4. The number of carbonyl (C=O) groups is 7. The van der Waals surface area contributed by atoms with E-state index in [1.54, 1.807) is 72.7 Å². The average molecular weight is 886 g/mol. The SMILES string of the molecule is CCCC(NC(=O)[C@@H]1C[C@@H]2CN1C(=O)[C@H](C(C)(C)C)NC(=O)Cc1cccc(c1)OCCCO2)C(=O)C(=O)NCC(=O)N[C@H](C(=O)OC(C)(C)C)c1ccc(NS(N)(=O)=O)cc1. The van der Waals surface area contributed by atoms with Crippen molar-refractivity contribution in [3.63, 3.8) is 0 Å². The number of ketones is 1. The van der Waals surface area contributed by atoms with Crippen LogP contribution in [-0.2, 0) is 59.7 Å². The molecular weight excluding hydrogens is 827 g/mol. The summed E-state index contributed by atoms with van der Waals surface area (Å²) in [7, 11) is -4.08. The van der Waals surface area contributed by atoms with Crippen molar-refractivity contribution in [3.05, 3.63) is 59.7 Å². The van der Waals surface area contributed by atoms with Crippen molar-refractivity contribution in [2.75, 3.05) is 31.0 Å². The Morgan fingerprint density at radius 3 is 2.31 bits per heavy atom. The van der Waals surface area contributed by atoms with Crippen LogP contribution in [0.4, 0.5) is 5.69 Å². The number of nitrogens with two attached hydrogens (primary N) is 1. The second kappa shape index (κ2) is 21.0. The molecule has 2 aromatic carbocycles. The Hall–Kier alpha value is -5.60. The third-order valence-electron chi connectivity index (χ3n) is 9.74.